The summed E-state index contributed by atoms with van der Waals surface area (Å²) in [5.74, 6) is -7.14. The van der Waals surface area contributed by atoms with Crippen molar-refractivity contribution in [2.24, 2.45) is 41.4 Å². The number of ether oxygens (including phenoxy) is 5. The highest BCUT2D eigenvalue weighted by molar-refractivity contribution is 6.39. The second-order valence-corrected chi connectivity index (χ2v) is 19.9. The summed E-state index contributed by atoms with van der Waals surface area (Å²) in [6.07, 6.45) is 10.2. The van der Waals surface area contributed by atoms with Crippen molar-refractivity contribution in [2.75, 3.05) is 27.9 Å². The van der Waals surface area contributed by atoms with E-state index in [1.807, 2.05) is 51.2 Å². The largest absolute Gasteiger partial charge is 0.460 e. The van der Waals surface area contributed by atoms with Crippen LogP contribution in [0.2, 0.25) is 0 Å². The minimum atomic E-state index is -2.42. The lowest BCUT2D eigenvalue weighted by Gasteiger charge is -2.50. The fraction of sp³-hybridized carbons (Fsp3) is 0.780. The summed E-state index contributed by atoms with van der Waals surface area (Å²) >= 11 is 0. The van der Waals surface area contributed by atoms with Gasteiger partial charge < -0.3 is 54.1 Å². The SMILES string of the molecule is CO[C@H]1[C@@H](O)[C@H](C)C[C@H](C)C=CC=CC=C(C)[C@@H](OC)CC2CC[C@@H](C)[C@@](O)(O2)C(=O)C(=O)N2CCCC3C2C(=O)O[C@@H](C[C@H](O)[C@H](C)C=C(C)[C@H]1O)[C@H]3C[C@@H]1CC[C@@H](O)[C@H](OC)C1. The van der Waals surface area contributed by atoms with E-state index in [0.717, 1.165) is 12.0 Å². The molecule has 0 aromatic rings. The number of hydrogen-bond acceptors (Lipinski definition) is 13. The maximum atomic E-state index is 14.5. The van der Waals surface area contributed by atoms with Crippen LogP contribution in [0.5, 0.6) is 0 Å². The third-order valence-electron chi connectivity index (χ3n) is 15.3. The average Bonchev–Trinajstić information content (AvgIpc) is 3.27. The van der Waals surface area contributed by atoms with Gasteiger partial charge in [0.25, 0.3) is 11.7 Å². The number of amides is 1. The second-order valence-electron chi connectivity index (χ2n) is 19.9. The first-order valence-corrected chi connectivity index (χ1v) is 23.8. The third-order valence-corrected chi connectivity index (χ3v) is 15.3. The number of nitrogens with zero attached hydrogens (tertiary/aromatic N) is 1. The Morgan fingerprint density at radius 3 is 2.23 bits per heavy atom. The van der Waals surface area contributed by atoms with Crippen LogP contribution in [-0.4, -0.2) is 143 Å². The van der Waals surface area contributed by atoms with Crippen LogP contribution in [0.15, 0.2) is 47.6 Å². The smallest absolute Gasteiger partial charge is 0.329 e. The number of fused-ring (bicyclic) bond motifs is 16. The zero-order valence-electron chi connectivity index (χ0n) is 39.7. The first-order chi connectivity index (χ1) is 30.3. The van der Waals surface area contributed by atoms with E-state index in [1.54, 1.807) is 34.1 Å². The van der Waals surface area contributed by atoms with Gasteiger partial charge in [0, 0.05) is 58.5 Å². The van der Waals surface area contributed by atoms with Crippen LogP contribution < -0.4 is 0 Å². The molecule has 362 valence electrons. The molecule has 18 atom stereocenters. The number of hydrogen-bond donors (Lipinski definition) is 5. The molecule has 5 aliphatic heterocycles. The Labute approximate surface area is 381 Å². The van der Waals surface area contributed by atoms with Crippen molar-refractivity contribution in [3.8, 4) is 0 Å². The van der Waals surface area contributed by atoms with Gasteiger partial charge in [0.05, 0.1) is 36.6 Å². The Bertz CT molecular complexity index is 1700. The zero-order chi connectivity index (χ0) is 47.0. The summed E-state index contributed by atoms with van der Waals surface area (Å²) in [4.78, 5) is 44.4. The summed E-state index contributed by atoms with van der Waals surface area (Å²) < 4.78 is 29.6. The van der Waals surface area contributed by atoms with Crippen molar-refractivity contribution in [2.45, 2.75) is 179 Å². The summed E-state index contributed by atoms with van der Waals surface area (Å²) in [6, 6.07) is -1.09. The first-order valence-electron chi connectivity index (χ1n) is 23.8. The highest BCUT2D eigenvalue weighted by Crippen LogP contribution is 2.45. The lowest BCUT2D eigenvalue weighted by Crippen LogP contribution is -2.65. The van der Waals surface area contributed by atoms with E-state index in [4.69, 9.17) is 23.7 Å². The van der Waals surface area contributed by atoms with E-state index in [2.05, 4.69) is 6.92 Å². The molecule has 1 aliphatic carbocycles. The quantitative estimate of drug-likeness (QED) is 0.141. The number of aliphatic hydroxyl groups is 5. The molecule has 1 amide bonds. The van der Waals surface area contributed by atoms with Crippen LogP contribution in [0.3, 0.4) is 0 Å². The van der Waals surface area contributed by atoms with Crippen LogP contribution in [0, 0.1) is 41.4 Å². The molecule has 3 unspecified atom stereocenters. The van der Waals surface area contributed by atoms with Crippen LogP contribution in [0.25, 0.3) is 0 Å². The molecule has 14 heteroatoms. The summed E-state index contributed by atoms with van der Waals surface area (Å²) in [7, 11) is 4.63. The highest BCUT2D eigenvalue weighted by atomic mass is 16.6. The molecule has 3 saturated heterocycles. The Balaban J connectivity index is 1.50. The van der Waals surface area contributed by atoms with Crippen molar-refractivity contribution in [1.29, 1.82) is 0 Å². The molecule has 6 aliphatic rings. The number of allylic oxidation sites excluding steroid dienone is 5. The van der Waals surface area contributed by atoms with Crippen molar-refractivity contribution >= 4 is 17.7 Å². The monoisotopic (exact) mass is 902 g/mol. The Morgan fingerprint density at radius 2 is 1.55 bits per heavy atom. The maximum Gasteiger partial charge on any atom is 0.329 e. The lowest BCUT2D eigenvalue weighted by atomic mass is 9.67. The van der Waals surface area contributed by atoms with Crippen molar-refractivity contribution in [3.05, 3.63) is 47.6 Å². The molecule has 5 N–H and O–H groups in total. The van der Waals surface area contributed by atoms with Crippen LogP contribution in [0.4, 0.5) is 0 Å². The number of carbonyl (C=O) groups excluding carboxylic acids is 3. The van der Waals surface area contributed by atoms with Gasteiger partial charge in [-0.3, -0.25) is 9.59 Å². The number of Topliss-reactive ketones (excluding diaryl/α,β-unsaturated/α-hetero) is 1. The highest BCUT2D eigenvalue weighted by Gasteiger charge is 2.57. The molecule has 0 spiro atoms. The Morgan fingerprint density at radius 1 is 0.812 bits per heavy atom. The molecular formula is C50H79NO13. The van der Waals surface area contributed by atoms with Gasteiger partial charge in [-0.1, -0.05) is 64.2 Å². The number of methoxy groups -OCH3 is 3. The van der Waals surface area contributed by atoms with E-state index in [1.165, 1.54) is 12.0 Å². The molecular weight excluding hydrogens is 823 g/mol. The molecule has 1 saturated carbocycles. The average molecular weight is 902 g/mol. The molecule has 4 fully saturated rings. The summed E-state index contributed by atoms with van der Waals surface area (Å²) in [6.45, 7) is 11.3. The van der Waals surface area contributed by atoms with Crippen LogP contribution in [-0.2, 0) is 38.1 Å². The number of piperidine rings is 1. The van der Waals surface area contributed by atoms with Gasteiger partial charge in [-0.05, 0) is 106 Å². The molecule has 6 bridgehead atoms. The zero-order valence-corrected chi connectivity index (χ0v) is 39.7. The number of rotatable bonds is 5. The predicted molar refractivity (Wildman–Crippen MR) is 240 cm³/mol. The molecule has 5 heterocycles. The molecule has 64 heavy (non-hydrogen) atoms. The minimum absolute atomic E-state index is 0.0776. The Hall–Kier alpha value is -2.79. The van der Waals surface area contributed by atoms with Crippen LogP contribution in [0.1, 0.15) is 112 Å². The molecule has 0 aromatic heterocycles. The van der Waals surface area contributed by atoms with Gasteiger partial charge in [-0.15, -0.1) is 0 Å². The topological polar surface area (TPSA) is 202 Å². The number of ketones is 1. The standard InChI is InChI=1S/C50H79NO13/c1-28-14-11-10-12-15-29(2)40(60-7)26-35-19-17-33(6)50(59,64-35)47(56)48(57)51-21-13-16-36-37(24-34-18-20-38(52)42(25-34)61-8)41(63-49(58)43(36)51)27-39(53)30(3)23-32(5)45(55)46(62-9)44(54)31(4)22-28/h10-12,14-15,23,28,30-31,33-46,52-55,59H,13,16-22,24-27H2,1-9H3/t28-,30-,31-,33-,34+,35?,36?,37+,38-,39+,40+,41+,42-,43?,44+,45-,46+,50-/m1/s1. The van der Waals surface area contributed by atoms with Crippen molar-refractivity contribution in [1.82, 2.24) is 4.90 Å². The first kappa shape index (κ1) is 52.2. The van der Waals surface area contributed by atoms with Gasteiger partial charge in [0.2, 0.25) is 5.79 Å². The van der Waals surface area contributed by atoms with Crippen molar-refractivity contribution in [3.63, 3.8) is 0 Å². The van der Waals surface area contributed by atoms with Gasteiger partial charge in [-0.25, -0.2) is 4.79 Å². The van der Waals surface area contributed by atoms with E-state index >= 15 is 0 Å². The van der Waals surface area contributed by atoms with Gasteiger partial charge in [-0.2, -0.15) is 0 Å². The van der Waals surface area contributed by atoms with E-state index in [0.29, 0.717) is 63.4 Å². The third kappa shape index (κ3) is 12.2. The summed E-state index contributed by atoms with van der Waals surface area (Å²) in [5, 5.41) is 57.4. The van der Waals surface area contributed by atoms with Gasteiger partial charge in [0.1, 0.15) is 24.4 Å². The Kier molecular flexibility index (Phi) is 19.0. The van der Waals surface area contributed by atoms with Gasteiger partial charge >= 0.3 is 5.97 Å². The number of carbonyl (C=O) groups is 3. The predicted octanol–water partition coefficient (Wildman–Crippen LogP) is 4.98. The molecule has 6 rings (SSSR count). The lowest BCUT2D eigenvalue weighted by molar-refractivity contribution is -0.266. The minimum Gasteiger partial charge on any atom is -0.460 e. The second kappa shape index (κ2) is 23.3. The molecule has 14 nitrogen and oxygen atoms in total. The normalized spacial score (nSPS) is 42.8. The summed E-state index contributed by atoms with van der Waals surface area (Å²) in [5.41, 5.74) is 1.42. The molecule has 0 radical (unpaired) electrons. The number of esters is 1. The van der Waals surface area contributed by atoms with E-state index < -0.39 is 96.1 Å². The van der Waals surface area contributed by atoms with Gasteiger partial charge in [0.15, 0.2) is 0 Å². The fourth-order valence-corrected chi connectivity index (χ4v) is 11.2. The van der Waals surface area contributed by atoms with Crippen molar-refractivity contribution < 1.29 is 63.6 Å². The van der Waals surface area contributed by atoms with E-state index in [-0.39, 0.29) is 42.7 Å². The fourth-order valence-electron chi connectivity index (χ4n) is 11.2. The maximum absolute atomic E-state index is 14.5. The number of aliphatic hydroxyl groups excluding tert-OH is 4. The van der Waals surface area contributed by atoms with Crippen LogP contribution >= 0.6 is 0 Å². The molecule has 0 aromatic carbocycles. The van der Waals surface area contributed by atoms with E-state index in [9.17, 15) is 39.9 Å².